The highest BCUT2D eigenvalue weighted by Gasteiger charge is 2.29. The zero-order valence-corrected chi connectivity index (χ0v) is 18.6. The first-order valence-corrected chi connectivity index (χ1v) is 10.7. The topological polar surface area (TPSA) is 66.7 Å². The van der Waals surface area contributed by atoms with Gasteiger partial charge in [0.1, 0.15) is 23.4 Å². The largest absolute Gasteiger partial charge is 0.466 e. The lowest BCUT2D eigenvalue weighted by Crippen LogP contribution is -2.53. The lowest BCUT2D eigenvalue weighted by Gasteiger charge is -2.39. The standard InChI is InChI=1S/C25H28FN3O3/c1-16-10-21(17(2)31-16)13-27-12-19-4-6-20(7-5-19)24-9-8-22(11-25(24)26)29-15-23(32-29)14-28-18(3)30/h4-11,23,27H,12-15H2,1-3H3,(H,28,30)/t23-/m0/s1. The molecule has 1 amide bonds. The highest BCUT2D eigenvalue weighted by atomic mass is 19.1. The number of carbonyl (C=O) groups excluding carboxylic acids is 1. The Morgan fingerprint density at radius 1 is 1.12 bits per heavy atom. The number of benzene rings is 2. The lowest BCUT2D eigenvalue weighted by molar-refractivity contribution is -0.121. The Kier molecular flexibility index (Phi) is 6.58. The Balaban J connectivity index is 1.32. The van der Waals surface area contributed by atoms with E-state index in [1.54, 1.807) is 11.1 Å². The van der Waals surface area contributed by atoms with Crippen LogP contribution < -0.4 is 15.7 Å². The highest BCUT2D eigenvalue weighted by Crippen LogP contribution is 2.30. The van der Waals surface area contributed by atoms with Crippen molar-refractivity contribution < 1.29 is 18.4 Å². The Morgan fingerprint density at radius 3 is 2.50 bits per heavy atom. The fourth-order valence-corrected chi connectivity index (χ4v) is 3.78. The summed E-state index contributed by atoms with van der Waals surface area (Å²) in [7, 11) is 0. The number of hydrogen-bond acceptors (Lipinski definition) is 5. The van der Waals surface area contributed by atoms with Crippen molar-refractivity contribution in [1.82, 2.24) is 10.6 Å². The molecular formula is C25H28FN3O3. The van der Waals surface area contributed by atoms with Crippen molar-refractivity contribution in [2.75, 3.05) is 18.2 Å². The number of anilines is 1. The third-order valence-corrected chi connectivity index (χ3v) is 5.52. The molecular weight excluding hydrogens is 409 g/mol. The Labute approximate surface area is 187 Å². The van der Waals surface area contributed by atoms with E-state index in [1.807, 2.05) is 50.2 Å². The van der Waals surface area contributed by atoms with Crippen LogP contribution in [0.1, 0.15) is 29.6 Å². The summed E-state index contributed by atoms with van der Waals surface area (Å²) in [6.45, 7) is 7.91. The maximum Gasteiger partial charge on any atom is 0.216 e. The van der Waals surface area contributed by atoms with E-state index in [1.165, 1.54) is 13.0 Å². The SMILES string of the molecule is CC(=O)NC[C@H]1CN(c2ccc(-c3ccc(CNCc4cc(C)oc4C)cc3)c(F)c2)O1. The number of carbonyl (C=O) groups is 1. The molecule has 32 heavy (non-hydrogen) atoms. The quantitative estimate of drug-likeness (QED) is 0.552. The molecule has 1 fully saturated rings. The summed E-state index contributed by atoms with van der Waals surface area (Å²) in [5, 5.41) is 7.77. The molecule has 6 nitrogen and oxygen atoms in total. The summed E-state index contributed by atoms with van der Waals surface area (Å²) in [5.74, 6) is 1.47. The van der Waals surface area contributed by atoms with E-state index in [0.29, 0.717) is 24.3 Å². The van der Waals surface area contributed by atoms with Gasteiger partial charge >= 0.3 is 0 Å². The Hall–Kier alpha value is -3.16. The second-order valence-corrected chi connectivity index (χ2v) is 8.13. The number of aryl methyl sites for hydroxylation is 2. The van der Waals surface area contributed by atoms with Gasteiger partial charge in [0, 0.05) is 43.8 Å². The van der Waals surface area contributed by atoms with Gasteiger partial charge in [0.05, 0.1) is 12.2 Å². The zero-order chi connectivity index (χ0) is 22.7. The first kappa shape index (κ1) is 22.0. The maximum absolute atomic E-state index is 14.8. The van der Waals surface area contributed by atoms with Crippen LogP contribution in [0.5, 0.6) is 0 Å². The molecule has 7 heteroatoms. The molecule has 0 bridgehead atoms. The zero-order valence-electron chi connectivity index (χ0n) is 18.6. The van der Waals surface area contributed by atoms with E-state index >= 15 is 0 Å². The molecule has 0 aliphatic carbocycles. The second-order valence-electron chi connectivity index (χ2n) is 8.13. The predicted octanol–water partition coefficient (Wildman–Crippen LogP) is 4.25. The van der Waals surface area contributed by atoms with E-state index in [9.17, 15) is 9.18 Å². The first-order valence-electron chi connectivity index (χ1n) is 10.7. The molecule has 1 aliphatic heterocycles. The van der Waals surface area contributed by atoms with Crippen molar-refractivity contribution in [2.24, 2.45) is 0 Å². The minimum Gasteiger partial charge on any atom is -0.466 e. The number of amides is 1. The summed E-state index contributed by atoms with van der Waals surface area (Å²) in [4.78, 5) is 16.6. The van der Waals surface area contributed by atoms with Crippen LogP contribution in [0.4, 0.5) is 10.1 Å². The van der Waals surface area contributed by atoms with Gasteiger partial charge in [-0.3, -0.25) is 14.7 Å². The molecule has 1 saturated heterocycles. The lowest BCUT2D eigenvalue weighted by atomic mass is 10.0. The first-order chi connectivity index (χ1) is 15.4. The van der Waals surface area contributed by atoms with E-state index in [2.05, 4.69) is 10.6 Å². The number of nitrogens with one attached hydrogen (secondary N) is 2. The van der Waals surface area contributed by atoms with Crippen molar-refractivity contribution in [3.8, 4) is 11.1 Å². The molecule has 0 radical (unpaired) electrons. The highest BCUT2D eigenvalue weighted by molar-refractivity contribution is 5.72. The van der Waals surface area contributed by atoms with Gasteiger partial charge in [-0.2, -0.15) is 0 Å². The number of nitrogens with zero attached hydrogens (tertiary/aromatic N) is 1. The Morgan fingerprint density at radius 2 is 1.88 bits per heavy atom. The molecule has 1 aromatic heterocycles. The molecule has 2 aromatic carbocycles. The Bertz CT molecular complexity index is 1090. The van der Waals surface area contributed by atoms with Crippen LogP contribution in [0, 0.1) is 19.7 Å². The third kappa shape index (κ3) is 5.18. The van der Waals surface area contributed by atoms with Gasteiger partial charge in [0.25, 0.3) is 0 Å². The van der Waals surface area contributed by atoms with Crippen LogP contribution in [0.25, 0.3) is 11.1 Å². The van der Waals surface area contributed by atoms with E-state index in [0.717, 1.165) is 41.3 Å². The summed E-state index contributed by atoms with van der Waals surface area (Å²) in [5.41, 5.74) is 4.33. The summed E-state index contributed by atoms with van der Waals surface area (Å²) in [6, 6.07) is 15.0. The fraction of sp³-hybridized carbons (Fsp3) is 0.320. The molecule has 3 aromatic rings. The maximum atomic E-state index is 14.8. The summed E-state index contributed by atoms with van der Waals surface area (Å²) < 4.78 is 20.3. The van der Waals surface area contributed by atoms with Crippen LogP contribution in [-0.2, 0) is 22.7 Å². The van der Waals surface area contributed by atoms with Crippen molar-refractivity contribution in [2.45, 2.75) is 40.0 Å². The van der Waals surface area contributed by atoms with Gasteiger partial charge in [-0.05, 0) is 43.2 Å². The van der Waals surface area contributed by atoms with Gasteiger partial charge in [-0.1, -0.05) is 24.3 Å². The average molecular weight is 438 g/mol. The van der Waals surface area contributed by atoms with Crippen molar-refractivity contribution in [3.63, 3.8) is 0 Å². The van der Waals surface area contributed by atoms with Crippen LogP contribution >= 0.6 is 0 Å². The van der Waals surface area contributed by atoms with Crippen LogP contribution in [-0.4, -0.2) is 25.1 Å². The van der Waals surface area contributed by atoms with E-state index < -0.39 is 0 Å². The molecule has 2 heterocycles. The van der Waals surface area contributed by atoms with Crippen LogP contribution in [0.3, 0.4) is 0 Å². The average Bonchev–Trinajstić information content (AvgIpc) is 3.04. The smallest absolute Gasteiger partial charge is 0.216 e. The molecule has 4 rings (SSSR count). The van der Waals surface area contributed by atoms with Crippen molar-refractivity contribution >= 4 is 11.6 Å². The fourth-order valence-electron chi connectivity index (χ4n) is 3.78. The summed E-state index contributed by atoms with van der Waals surface area (Å²) in [6.07, 6.45) is -0.0794. The van der Waals surface area contributed by atoms with E-state index in [-0.39, 0.29) is 17.8 Å². The van der Waals surface area contributed by atoms with Crippen molar-refractivity contribution in [3.05, 3.63) is 77.0 Å². The molecule has 0 saturated carbocycles. The number of furan rings is 1. The second kappa shape index (κ2) is 9.54. The normalized spacial score (nSPS) is 15.5. The van der Waals surface area contributed by atoms with Gasteiger partial charge in [0.15, 0.2) is 0 Å². The number of hydrogen-bond donors (Lipinski definition) is 2. The number of rotatable bonds is 8. The van der Waals surface area contributed by atoms with Gasteiger partial charge < -0.3 is 15.1 Å². The minimum atomic E-state index is -0.298. The van der Waals surface area contributed by atoms with Gasteiger partial charge in [-0.25, -0.2) is 4.39 Å². The van der Waals surface area contributed by atoms with Gasteiger partial charge in [-0.15, -0.1) is 0 Å². The predicted molar refractivity (Wildman–Crippen MR) is 121 cm³/mol. The molecule has 1 aliphatic rings. The molecule has 168 valence electrons. The van der Waals surface area contributed by atoms with Crippen LogP contribution in [0.15, 0.2) is 52.9 Å². The molecule has 0 unspecified atom stereocenters. The van der Waals surface area contributed by atoms with Crippen LogP contribution in [0.2, 0.25) is 0 Å². The van der Waals surface area contributed by atoms with Gasteiger partial charge in [0.2, 0.25) is 5.91 Å². The number of hydroxylamine groups is 1. The van der Waals surface area contributed by atoms with Crippen molar-refractivity contribution in [1.29, 1.82) is 0 Å². The summed E-state index contributed by atoms with van der Waals surface area (Å²) >= 11 is 0. The molecule has 1 atom stereocenters. The molecule has 0 spiro atoms. The third-order valence-electron chi connectivity index (χ3n) is 5.52. The number of halogens is 1. The monoisotopic (exact) mass is 437 g/mol. The minimum absolute atomic E-state index is 0.0794. The molecule has 2 N–H and O–H groups in total. The van der Waals surface area contributed by atoms with E-state index in [4.69, 9.17) is 9.25 Å².